The normalized spacial score (nSPS) is 11.6. The number of rotatable bonds is 7. The zero-order chi connectivity index (χ0) is 28.5. The van der Waals surface area contributed by atoms with Gasteiger partial charge in [-0.05, 0) is 56.2 Å². The summed E-state index contributed by atoms with van der Waals surface area (Å²) in [6, 6.07) is 13.7. The van der Waals surface area contributed by atoms with Crippen LogP contribution in [0.3, 0.4) is 0 Å². The van der Waals surface area contributed by atoms with E-state index in [9.17, 15) is 32.0 Å². The first-order valence-electron chi connectivity index (χ1n) is 12.0. The molecule has 2 heterocycles. The van der Waals surface area contributed by atoms with Gasteiger partial charge < -0.3 is 9.30 Å². The predicted molar refractivity (Wildman–Crippen MR) is 140 cm³/mol. The lowest BCUT2D eigenvalue weighted by Crippen LogP contribution is -2.28. The van der Waals surface area contributed by atoms with Crippen molar-refractivity contribution in [1.82, 2.24) is 4.57 Å². The fraction of sp³-hybridized carbons (Fsp3) is 0.241. The third kappa shape index (κ3) is 5.73. The highest BCUT2D eigenvalue weighted by Gasteiger charge is 2.37. The Hall–Kier alpha value is -3.97. The van der Waals surface area contributed by atoms with Crippen molar-refractivity contribution >= 4 is 11.3 Å². The summed E-state index contributed by atoms with van der Waals surface area (Å²) in [6.07, 6.45) is -4.41. The number of nitrogens with zero attached hydrogens (tertiary/aromatic N) is 2. The number of aromatic nitrogens is 1. The van der Waals surface area contributed by atoms with Crippen LogP contribution in [-0.2, 0) is 19.1 Å². The number of aryl methyl sites for hydroxylation is 1. The van der Waals surface area contributed by atoms with Crippen molar-refractivity contribution in [3.63, 3.8) is 0 Å². The third-order valence-corrected chi connectivity index (χ3v) is 7.16. The highest BCUT2D eigenvalue weighted by atomic mass is 32.1. The molecule has 0 aliphatic rings. The van der Waals surface area contributed by atoms with Gasteiger partial charge in [0, 0.05) is 22.1 Å². The van der Waals surface area contributed by atoms with Crippen molar-refractivity contribution in [2.24, 2.45) is 0 Å². The number of benzene rings is 2. The fourth-order valence-corrected chi connectivity index (χ4v) is 5.27. The van der Waals surface area contributed by atoms with Crippen LogP contribution in [0.15, 0.2) is 59.4 Å². The summed E-state index contributed by atoms with van der Waals surface area (Å²) in [5.41, 5.74) is -2.29. The van der Waals surface area contributed by atoms with Crippen LogP contribution in [0.2, 0.25) is 0 Å². The Bertz CT molecular complexity index is 1630. The molecule has 0 saturated carbocycles. The van der Waals surface area contributed by atoms with Gasteiger partial charge in [0.2, 0.25) is 0 Å². The molecule has 0 spiro atoms. The van der Waals surface area contributed by atoms with E-state index < -0.39 is 41.0 Å². The maximum Gasteiger partial charge on any atom is 0.417 e. The lowest BCUT2D eigenvalue weighted by Gasteiger charge is -2.18. The van der Waals surface area contributed by atoms with Gasteiger partial charge in [-0.1, -0.05) is 25.1 Å². The van der Waals surface area contributed by atoms with Gasteiger partial charge in [-0.25, -0.2) is 8.78 Å². The Kier molecular flexibility index (Phi) is 7.93. The quantitative estimate of drug-likeness (QED) is 0.218. The highest BCUT2D eigenvalue weighted by Crippen LogP contribution is 2.42. The molecule has 0 fully saturated rings. The largest absolute Gasteiger partial charge is 0.490 e. The zero-order valence-corrected chi connectivity index (χ0v) is 22.0. The van der Waals surface area contributed by atoms with Gasteiger partial charge in [0.1, 0.15) is 29.0 Å². The minimum atomic E-state index is -4.98. The van der Waals surface area contributed by atoms with E-state index >= 15 is 0 Å². The van der Waals surface area contributed by atoms with E-state index in [0.29, 0.717) is 23.1 Å². The molecule has 4 nitrogen and oxygen atoms in total. The van der Waals surface area contributed by atoms with E-state index in [1.807, 2.05) is 39.0 Å². The number of thiophene rings is 1. The Morgan fingerprint density at radius 2 is 1.74 bits per heavy atom. The first-order chi connectivity index (χ1) is 18.4. The maximum absolute atomic E-state index is 14.5. The van der Waals surface area contributed by atoms with Gasteiger partial charge in [-0.3, -0.25) is 4.79 Å². The molecule has 0 radical (unpaired) electrons. The second-order valence-electron chi connectivity index (χ2n) is 9.03. The SMILES string of the molecule is CCc1cccc(-c2ccc(-c3cc(C(F)(F)F)c(C#N)c(=O)n3Cc3ccc(F)cc3F)s2)c1OC(C)C. The molecule has 10 heteroatoms. The summed E-state index contributed by atoms with van der Waals surface area (Å²) in [4.78, 5) is 14.2. The number of hydrogen-bond donors (Lipinski definition) is 0. The van der Waals surface area contributed by atoms with Crippen LogP contribution in [0, 0.1) is 23.0 Å². The van der Waals surface area contributed by atoms with Crippen LogP contribution in [0.25, 0.3) is 21.0 Å². The molecule has 0 unspecified atom stereocenters. The molecule has 0 aliphatic heterocycles. The molecule has 2 aromatic heterocycles. The summed E-state index contributed by atoms with van der Waals surface area (Å²) in [5.74, 6) is -1.15. The molecule has 0 saturated heterocycles. The molecule has 4 aromatic rings. The molecule has 2 aromatic carbocycles. The van der Waals surface area contributed by atoms with Gasteiger partial charge in [-0.15, -0.1) is 11.3 Å². The summed E-state index contributed by atoms with van der Waals surface area (Å²) in [7, 11) is 0. The molecular weight excluding hydrogens is 535 g/mol. The Labute approximate surface area is 225 Å². The number of ether oxygens (including phenoxy) is 1. The van der Waals surface area contributed by atoms with E-state index in [-0.39, 0.29) is 22.2 Å². The van der Waals surface area contributed by atoms with Gasteiger partial charge >= 0.3 is 6.18 Å². The average molecular weight is 559 g/mol. The number of para-hydroxylation sites is 1. The topological polar surface area (TPSA) is 55.0 Å². The monoisotopic (exact) mass is 558 g/mol. The van der Waals surface area contributed by atoms with Crippen LogP contribution < -0.4 is 10.3 Å². The van der Waals surface area contributed by atoms with Crippen molar-refractivity contribution < 1.29 is 26.7 Å². The summed E-state index contributed by atoms with van der Waals surface area (Å²) in [5, 5.41) is 9.41. The van der Waals surface area contributed by atoms with Crippen molar-refractivity contribution in [1.29, 1.82) is 5.26 Å². The van der Waals surface area contributed by atoms with Crippen LogP contribution in [0.5, 0.6) is 5.75 Å². The summed E-state index contributed by atoms with van der Waals surface area (Å²) < 4.78 is 76.6. The lowest BCUT2D eigenvalue weighted by molar-refractivity contribution is -0.137. The maximum atomic E-state index is 14.5. The molecule has 202 valence electrons. The molecule has 0 N–H and O–H groups in total. The Morgan fingerprint density at radius 1 is 1.03 bits per heavy atom. The number of hydrogen-bond acceptors (Lipinski definition) is 4. The van der Waals surface area contributed by atoms with Gasteiger partial charge in [-0.2, -0.15) is 18.4 Å². The van der Waals surface area contributed by atoms with Crippen molar-refractivity contribution in [3.05, 3.63) is 98.8 Å². The fourth-order valence-electron chi connectivity index (χ4n) is 4.21. The molecular formula is C29H23F5N2O2S. The Balaban J connectivity index is 1.94. The molecule has 0 amide bonds. The van der Waals surface area contributed by atoms with Gasteiger partial charge in [0.15, 0.2) is 0 Å². The lowest BCUT2D eigenvalue weighted by atomic mass is 10.0. The first kappa shape index (κ1) is 28.0. The number of nitriles is 1. The van der Waals surface area contributed by atoms with Crippen molar-refractivity contribution in [3.8, 4) is 32.8 Å². The van der Waals surface area contributed by atoms with E-state index in [1.54, 1.807) is 12.1 Å². The average Bonchev–Trinajstić information content (AvgIpc) is 3.35. The van der Waals surface area contributed by atoms with E-state index in [0.717, 1.165) is 45.2 Å². The van der Waals surface area contributed by atoms with E-state index in [2.05, 4.69) is 0 Å². The Morgan fingerprint density at radius 3 is 2.36 bits per heavy atom. The molecule has 39 heavy (non-hydrogen) atoms. The van der Waals surface area contributed by atoms with Crippen LogP contribution in [-0.4, -0.2) is 10.7 Å². The van der Waals surface area contributed by atoms with Crippen molar-refractivity contribution in [2.75, 3.05) is 0 Å². The zero-order valence-electron chi connectivity index (χ0n) is 21.2. The van der Waals surface area contributed by atoms with Crippen LogP contribution >= 0.6 is 11.3 Å². The number of halogens is 5. The summed E-state index contributed by atoms with van der Waals surface area (Å²) in [6.45, 7) is 5.25. The molecule has 0 atom stereocenters. The van der Waals surface area contributed by atoms with Gasteiger partial charge in [0.05, 0.1) is 28.8 Å². The van der Waals surface area contributed by atoms with Crippen LogP contribution in [0.4, 0.5) is 22.0 Å². The molecule has 4 rings (SSSR count). The predicted octanol–water partition coefficient (Wildman–Crippen LogP) is 7.81. The summed E-state index contributed by atoms with van der Waals surface area (Å²) >= 11 is 1.13. The molecule has 0 bridgehead atoms. The van der Waals surface area contributed by atoms with Crippen molar-refractivity contribution in [2.45, 2.75) is 46.0 Å². The van der Waals surface area contributed by atoms with Crippen LogP contribution in [0.1, 0.15) is 43.0 Å². The number of pyridine rings is 1. The third-order valence-electron chi connectivity index (χ3n) is 6.02. The smallest absolute Gasteiger partial charge is 0.417 e. The number of alkyl halides is 3. The van der Waals surface area contributed by atoms with Gasteiger partial charge in [0.25, 0.3) is 5.56 Å². The standard InChI is InChI=1S/C29H23F5N2O2S/c1-4-17-6-5-7-20(27(17)38-16(2)3)25-10-11-26(39-25)24-13-22(29(32,33)34)21(14-35)28(37)36(24)15-18-8-9-19(30)12-23(18)31/h5-13,16H,4,15H2,1-3H3. The van der Waals surface area contributed by atoms with E-state index in [4.69, 9.17) is 4.74 Å². The van der Waals surface area contributed by atoms with E-state index in [1.165, 1.54) is 6.07 Å². The second-order valence-corrected chi connectivity index (χ2v) is 10.1. The minimum absolute atomic E-state index is 0.122. The second kappa shape index (κ2) is 11.0. The minimum Gasteiger partial charge on any atom is -0.490 e. The first-order valence-corrected chi connectivity index (χ1v) is 12.8. The highest BCUT2D eigenvalue weighted by molar-refractivity contribution is 7.18. The molecule has 0 aliphatic carbocycles.